The first-order chi connectivity index (χ1) is 9.59. The minimum absolute atomic E-state index is 0.473. The molecule has 3 rings (SSSR count). The van der Waals surface area contributed by atoms with Crippen LogP contribution in [0.3, 0.4) is 0 Å². The summed E-state index contributed by atoms with van der Waals surface area (Å²) in [5, 5.41) is 1.09. The van der Waals surface area contributed by atoms with Crippen LogP contribution in [-0.2, 0) is 7.05 Å². The number of hydrogen-bond acceptors (Lipinski definition) is 1. The number of aromatic nitrogens is 1. The molecule has 0 radical (unpaired) electrons. The number of aryl methyl sites for hydroxylation is 1. The zero-order valence-corrected chi connectivity index (χ0v) is 12.2. The molecule has 2 aromatic carbocycles. The zero-order valence-electron chi connectivity index (χ0n) is 10.7. The maximum atomic E-state index is 11.8. The molecule has 2 nitrogen and oxygen atoms in total. The largest absolute Gasteiger partial charge is 0.340 e. The van der Waals surface area contributed by atoms with E-state index >= 15 is 0 Å². The molecule has 4 heteroatoms. The second-order valence-corrected chi connectivity index (χ2v) is 5.36. The summed E-state index contributed by atoms with van der Waals surface area (Å²) in [6.07, 6.45) is 0. The first kappa shape index (κ1) is 13.2. The third-order valence-corrected chi connectivity index (χ3v) is 3.82. The molecule has 0 saturated carbocycles. The lowest BCUT2D eigenvalue weighted by molar-refractivity contribution is 0.107. The predicted octanol–water partition coefficient (Wildman–Crippen LogP) is 4.88. The van der Waals surface area contributed by atoms with E-state index in [1.165, 1.54) is 0 Å². The van der Waals surface area contributed by atoms with Crippen molar-refractivity contribution in [2.24, 2.45) is 7.05 Å². The van der Waals surface area contributed by atoms with Gasteiger partial charge < -0.3 is 4.57 Å². The van der Waals surface area contributed by atoms with Crippen LogP contribution in [0.25, 0.3) is 22.0 Å². The number of hydrogen-bond donors (Lipinski definition) is 0. The number of nitrogens with zero attached hydrogens (tertiary/aromatic N) is 1. The minimum atomic E-state index is -0.473. The van der Waals surface area contributed by atoms with Gasteiger partial charge in [-0.1, -0.05) is 41.9 Å². The zero-order chi connectivity index (χ0) is 14.3. The molecule has 0 aliphatic carbocycles. The number of halogens is 2. The van der Waals surface area contributed by atoms with E-state index in [1.54, 1.807) is 6.07 Å². The Morgan fingerprint density at radius 3 is 2.45 bits per heavy atom. The summed E-state index contributed by atoms with van der Waals surface area (Å²) in [6.45, 7) is 0. The number of carbonyl (C=O) groups is 1. The van der Waals surface area contributed by atoms with E-state index in [4.69, 9.17) is 23.2 Å². The Morgan fingerprint density at radius 2 is 1.80 bits per heavy atom. The van der Waals surface area contributed by atoms with Crippen molar-refractivity contribution in [3.8, 4) is 11.1 Å². The highest BCUT2D eigenvalue weighted by atomic mass is 35.5. The van der Waals surface area contributed by atoms with Crippen LogP contribution in [0.4, 0.5) is 0 Å². The topological polar surface area (TPSA) is 22.0 Å². The van der Waals surface area contributed by atoms with Gasteiger partial charge in [-0.05, 0) is 35.4 Å². The van der Waals surface area contributed by atoms with Gasteiger partial charge in [0, 0.05) is 28.5 Å². The third-order valence-electron chi connectivity index (χ3n) is 3.41. The quantitative estimate of drug-likeness (QED) is 0.619. The third kappa shape index (κ3) is 2.01. The molecule has 0 spiro atoms. The Bertz CT molecular complexity index is 806. The molecule has 20 heavy (non-hydrogen) atoms. The van der Waals surface area contributed by atoms with Crippen molar-refractivity contribution >= 4 is 39.3 Å². The molecule has 0 bridgehead atoms. The van der Waals surface area contributed by atoms with E-state index in [2.05, 4.69) is 0 Å². The standard InChI is InChI=1S/C16H11Cl2NO/c1-19-13-8-7-11(17)9-12(13)14(15(19)16(18)20)10-5-3-2-4-6-10/h2-9H,1H3. The molecule has 0 aliphatic heterocycles. The highest BCUT2D eigenvalue weighted by Crippen LogP contribution is 2.36. The lowest BCUT2D eigenvalue weighted by Crippen LogP contribution is -2.00. The van der Waals surface area contributed by atoms with Gasteiger partial charge in [0.05, 0.1) is 0 Å². The van der Waals surface area contributed by atoms with E-state index < -0.39 is 5.24 Å². The van der Waals surface area contributed by atoms with Crippen molar-refractivity contribution in [3.63, 3.8) is 0 Å². The summed E-state index contributed by atoms with van der Waals surface area (Å²) in [5.74, 6) is 0. The van der Waals surface area contributed by atoms with E-state index in [0.29, 0.717) is 10.7 Å². The van der Waals surface area contributed by atoms with E-state index in [9.17, 15) is 4.79 Å². The number of benzene rings is 2. The molecule has 0 amide bonds. The summed E-state index contributed by atoms with van der Waals surface area (Å²) in [4.78, 5) is 11.8. The van der Waals surface area contributed by atoms with Crippen molar-refractivity contribution in [3.05, 3.63) is 59.2 Å². The Kier molecular flexibility index (Phi) is 3.28. The van der Waals surface area contributed by atoms with Gasteiger partial charge in [-0.3, -0.25) is 4.79 Å². The molecule has 0 unspecified atom stereocenters. The highest BCUT2D eigenvalue weighted by molar-refractivity contribution is 6.68. The molecular weight excluding hydrogens is 293 g/mol. The van der Waals surface area contributed by atoms with E-state index in [1.807, 2.05) is 54.1 Å². The molecule has 0 saturated heterocycles. The lowest BCUT2D eigenvalue weighted by atomic mass is 10.0. The average Bonchev–Trinajstić information content (AvgIpc) is 2.72. The Morgan fingerprint density at radius 1 is 1.10 bits per heavy atom. The average molecular weight is 304 g/mol. The fourth-order valence-electron chi connectivity index (χ4n) is 2.54. The summed E-state index contributed by atoms with van der Waals surface area (Å²) in [7, 11) is 1.83. The first-order valence-corrected chi connectivity index (χ1v) is 6.88. The number of rotatable bonds is 2. The molecule has 0 aliphatic rings. The molecule has 0 atom stereocenters. The Labute approximate surface area is 126 Å². The second-order valence-electron chi connectivity index (χ2n) is 4.58. The molecule has 0 N–H and O–H groups in total. The van der Waals surface area contributed by atoms with Crippen LogP contribution < -0.4 is 0 Å². The van der Waals surface area contributed by atoms with Crippen LogP contribution in [0.5, 0.6) is 0 Å². The van der Waals surface area contributed by atoms with Gasteiger partial charge in [0.1, 0.15) is 5.69 Å². The molecule has 0 fully saturated rings. The van der Waals surface area contributed by atoms with Gasteiger partial charge >= 0.3 is 0 Å². The van der Waals surface area contributed by atoms with Gasteiger partial charge in [-0.25, -0.2) is 0 Å². The van der Waals surface area contributed by atoms with Gasteiger partial charge in [0.25, 0.3) is 5.24 Å². The number of carbonyl (C=O) groups excluding carboxylic acids is 1. The lowest BCUT2D eigenvalue weighted by Gasteiger charge is -2.03. The fourth-order valence-corrected chi connectivity index (χ4v) is 2.94. The molecule has 1 aromatic heterocycles. The fraction of sp³-hybridized carbons (Fsp3) is 0.0625. The van der Waals surface area contributed by atoms with Crippen LogP contribution in [0.2, 0.25) is 5.02 Å². The summed E-state index contributed by atoms with van der Waals surface area (Å²) in [5.41, 5.74) is 3.18. The van der Waals surface area contributed by atoms with Crippen LogP contribution in [0, 0.1) is 0 Å². The van der Waals surface area contributed by atoms with Crippen molar-refractivity contribution in [1.29, 1.82) is 0 Å². The van der Waals surface area contributed by atoms with Crippen LogP contribution in [0.15, 0.2) is 48.5 Å². The van der Waals surface area contributed by atoms with Crippen molar-refractivity contribution in [2.45, 2.75) is 0 Å². The van der Waals surface area contributed by atoms with Crippen LogP contribution in [0.1, 0.15) is 10.5 Å². The normalized spacial score (nSPS) is 10.9. The summed E-state index contributed by atoms with van der Waals surface area (Å²) >= 11 is 11.9. The maximum absolute atomic E-state index is 11.8. The first-order valence-electron chi connectivity index (χ1n) is 6.13. The van der Waals surface area contributed by atoms with Crippen LogP contribution in [-0.4, -0.2) is 9.81 Å². The smallest absolute Gasteiger partial charge is 0.269 e. The van der Waals surface area contributed by atoms with Gasteiger partial charge in [0.2, 0.25) is 0 Å². The summed E-state index contributed by atoms with van der Waals surface area (Å²) < 4.78 is 1.81. The van der Waals surface area contributed by atoms with Gasteiger partial charge in [0.15, 0.2) is 0 Å². The Hall–Kier alpha value is -1.77. The minimum Gasteiger partial charge on any atom is -0.340 e. The predicted molar refractivity (Wildman–Crippen MR) is 83.5 cm³/mol. The summed E-state index contributed by atoms with van der Waals surface area (Å²) in [6, 6.07) is 15.3. The maximum Gasteiger partial charge on any atom is 0.269 e. The monoisotopic (exact) mass is 303 g/mol. The molecule has 1 heterocycles. The Balaban J connectivity index is 2.47. The van der Waals surface area contributed by atoms with Crippen LogP contribution >= 0.6 is 23.2 Å². The van der Waals surface area contributed by atoms with Gasteiger partial charge in [-0.15, -0.1) is 0 Å². The molecule has 3 aromatic rings. The molecule has 100 valence electrons. The van der Waals surface area contributed by atoms with Crippen molar-refractivity contribution in [1.82, 2.24) is 4.57 Å². The van der Waals surface area contributed by atoms with E-state index in [0.717, 1.165) is 22.0 Å². The second kappa shape index (κ2) is 4.97. The number of fused-ring (bicyclic) bond motifs is 1. The SMILES string of the molecule is Cn1c(C(=O)Cl)c(-c2ccccc2)c2cc(Cl)ccc21. The van der Waals surface area contributed by atoms with Gasteiger partial charge in [-0.2, -0.15) is 0 Å². The molecular formula is C16H11Cl2NO. The highest BCUT2D eigenvalue weighted by Gasteiger charge is 2.20. The van der Waals surface area contributed by atoms with E-state index in [-0.39, 0.29) is 0 Å². The van der Waals surface area contributed by atoms with Crippen molar-refractivity contribution in [2.75, 3.05) is 0 Å². The van der Waals surface area contributed by atoms with Crippen molar-refractivity contribution < 1.29 is 4.79 Å².